The summed E-state index contributed by atoms with van der Waals surface area (Å²) in [4.78, 5) is 22.0. The molecule has 1 heterocycles. The van der Waals surface area contributed by atoms with E-state index >= 15 is 0 Å². The van der Waals surface area contributed by atoms with Gasteiger partial charge in [-0.3, -0.25) is 0 Å². The summed E-state index contributed by atoms with van der Waals surface area (Å²) < 4.78 is 0. The van der Waals surface area contributed by atoms with Crippen LogP contribution in [0, 0.1) is 0 Å². The number of nitrogens with one attached hydrogen (secondary N) is 1. The van der Waals surface area contributed by atoms with Crippen molar-refractivity contribution in [2.45, 2.75) is 0 Å². The van der Waals surface area contributed by atoms with E-state index in [9.17, 15) is 9.90 Å². The van der Waals surface area contributed by atoms with Gasteiger partial charge in [-0.1, -0.05) is 0 Å². The Labute approximate surface area is 116 Å². The highest BCUT2D eigenvalue weighted by molar-refractivity contribution is 6.31. The van der Waals surface area contributed by atoms with Gasteiger partial charge in [-0.15, -0.1) is 0 Å². The molecule has 0 saturated carbocycles. The fourth-order valence-electron chi connectivity index (χ4n) is 1.30. The monoisotopic (exact) mass is 300 g/mol. The molecule has 7 nitrogen and oxygen atoms in total. The van der Waals surface area contributed by atoms with Crippen LogP contribution in [0.1, 0.15) is 10.4 Å². The van der Waals surface area contributed by atoms with Crippen molar-refractivity contribution in [3.05, 3.63) is 34.3 Å². The van der Waals surface area contributed by atoms with Gasteiger partial charge in [0.05, 0.1) is 0 Å². The number of nitrogens with zero attached hydrogens (tertiary/aromatic N) is 3. The lowest BCUT2D eigenvalue weighted by Crippen LogP contribution is -2.02. The summed E-state index contributed by atoms with van der Waals surface area (Å²) in [5, 5.41) is 20.7. The average molecular weight is 301 g/mol. The zero-order valence-electron chi connectivity index (χ0n) is 9.13. The molecule has 9 heteroatoms. The van der Waals surface area contributed by atoms with Crippen LogP contribution < -0.4 is 5.32 Å². The largest absolute Gasteiger partial charge is 0.507 e. The Kier molecular flexibility index (Phi) is 3.68. The number of benzene rings is 1. The summed E-state index contributed by atoms with van der Waals surface area (Å²) in [6.45, 7) is 0. The fourth-order valence-corrected chi connectivity index (χ4v) is 1.66. The van der Waals surface area contributed by atoms with Crippen molar-refractivity contribution in [2.75, 3.05) is 5.32 Å². The zero-order valence-corrected chi connectivity index (χ0v) is 10.6. The SMILES string of the molecule is O=C(O)c1cc(Nc2nc(Cl)nc(Cl)n2)ccc1O. The number of carboxylic acid groups (broad SMARTS) is 1. The molecule has 1 aromatic heterocycles. The molecule has 2 aromatic rings. The first kappa shape index (κ1) is 13.3. The van der Waals surface area contributed by atoms with Crippen LogP contribution in [-0.4, -0.2) is 31.1 Å². The number of halogens is 2. The quantitative estimate of drug-likeness (QED) is 0.746. The van der Waals surface area contributed by atoms with Gasteiger partial charge < -0.3 is 15.5 Å². The second-order valence-electron chi connectivity index (χ2n) is 3.36. The number of aromatic hydroxyl groups is 1. The summed E-state index contributed by atoms with van der Waals surface area (Å²) in [6, 6.07) is 3.91. The van der Waals surface area contributed by atoms with Crippen LogP contribution in [0.4, 0.5) is 11.6 Å². The molecule has 1 aromatic carbocycles. The van der Waals surface area contributed by atoms with Crippen molar-refractivity contribution in [3.63, 3.8) is 0 Å². The summed E-state index contributed by atoms with van der Waals surface area (Å²) in [6.07, 6.45) is 0. The van der Waals surface area contributed by atoms with E-state index in [0.29, 0.717) is 5.69 Å². The maximum absolute atomic E-state index is 10.9. The van der Waals surface area contributed by atoms with Crippen LogP contribution in [0.5, 0.6) is 5.75 Å². The molecule has 0 atom stereocenters. The summed E-state index contributed by atoms with van der Waals surface area (Å²) in [5.74, 6) is -1.54. The fraction of sp³-hybridized carbons (Fsp3) is 0. The molecule has 0 fully saturated rings. The van der Waals surface area contributed by atoms with E-state index in [-0.39, 0.29) is 27.8 Å². The minimum absolute atomic E-state index is 0.0621. The first-order chi connectivity index (χ1) is 8.95. The van der Waals surface area contributed by atoms with Crippen LogP contribution in [0.25, 0.3) is 0 Å². The molecule has 0 unspecified atom stereocenters. The lowest BCUT2D eigenvalue weighted by Gasteiger charge is -2.07. The minimum Gasteiger partial charge on any atom is -0.507 e. The van der Waals surface area contributed by atoms with Crippen LogP contribution in [0.2, 0.25) is 10.6 Å². The maximum Gasteiger partial charge on any atom is 0.339 e. The Bertz CT molecular complexity index is 630. The first-order valence-corrected chi connectivity index (χ1v) is 5.61. The van der Waals surface area contributed by atoms with Gasteiger partial charge in [0, 0.05) is 5.69 Å². The highest BCUT2D eigenvalue weighted by Crippen LogP contribution is 2.23. The van der Waals surface area contributed by atoms with Crippen LogP contribution >= 0.6 is 23.2 Å². The molecule has 0 aliphatic heterocycles. The van der Waals surface area contributed by atoms with E-state index in [1.165, 1.54) is 18.2 Å². The predicted octanol–water partition coefficient (Wildman–Crippen LogP) is 2.33. The van der Waals surface area contributed by atoms with Crippen molar-refractivity contribution >= 4 is 40.8 Å². The van der Waals surface area contributed by atoms with E-state index in [1.807, 2.05) is 0 Å². The third-order valence-electron chi connectivity index (χ3n) is 2.06. The molecule has 0 amide bonds. The number of rotatable bonds is 3. The molecule has 2 rings (SSSR count). The molecular weight excluding hydrogens is 295 g/mol. The number of hydrogen-bond donors (Lipinski definition) is 3. The van der Waals surface area contributed by atoms with E-state index in [2.05, 4.69) is 20.3 Å². The number of phenols is 1. The molecule has 0 aliphatic carbocycles. The molecule has 3 N–H and O–H groups in total. The van der Waals surface area contributed by atoms with E-state index < -0.39 is 5.97 Å². The third kappa shape index (κ3) is 3.21. The molecule has 0 bridgehead atoms. The number of aromatic nitrogens is 3. The van der Waals surface area contributed by atoms with Gasteiger partial charge in [-0.2, -0.15) is 15.0 Å². The first-order valence-electron chi connectivity index (χ1n) is 4.86. The predicted molar refractivity (Wildman–Crippen MR) is 68.2 cm³/mol. The topological polar surface area (TPSA) is 108 Å². The maximum atomic E-state index is 10.9. The number of carboxylic acids is 1. The second-order valence-corrected chi connectivity index (χ2v) is 4.04. The molecule has 0 saturated heterocycles. The van der Waals surface area contributed by atoms with Crippen LogP contribution in [0.15, 0.2) is 18.2 Å². The second kappa shape index (κ2) is 5.25. The lowest BCUT2D eigenvalue weighted by molar-refractivity contribution is 0.0694. The molecular formula is C10H6Cl2N4O3. The van der Waals surface area contributed by atoms with Gasteiger partial charge >= 0.3 is 5.97 Å². The smallest absolute Gasteiger partial charge is 0.339 e. The zero-order chi connectivity index (χ0) is 14.0. The van der Waals surface area contributed by atoms with Gasteiger partial charge in [0.15, 0.2) is 0 Å². The van der Waals surface area contributed by atoms with Crippen molar-refractivity contribution in [1.82, 2.24) is 15.0 Å². The minimum atomic E-state index is -1.26. The Morgan fingerprint density at radius 1 is 1.16 bits per heavy atom. The van der Waals surface area contributed by atoms with Crippen molar-refractivity contribution in [1.29, 1.82) is 0 Å². The molecule has 98 valence electrons. The molecule has 0 spiro atoms. The van der Waals surface area contributed by atoms with Crippen molar-refractivity contribution in [3.8, 4) is 5.75 Å². The Morgan fingerprint density at radius 3 is 2.37 bits per heavy atom. The summed E-state index contributed by atoms with van der Waals surface area (Å²) >= 11 is 11.2. The van der Waals surface area contributed by atoms with Crippen molar-refractivity contribution in [2.24, 2.45) is 0 Å². The van der Waals surface area contributed by atoms with E-state index in [1.54, 1.807) is 0 Å². The Balaban J connectivity index is 2.33. The van der Waals surface area contributed by atoms with Crippen LogP contribution in [0.3, 0.4) is 0 Å². The standard InChI is InChI=1S/C10H6Cl2N4O3/c11-8-14-9(12)16-10(15-8)13-4-1-2-6(17)5(3-4)7(18)19/h1-3,17H,(H,18,19)(H,13,14,15,16). The van der Waals surface area contributed by atoms with E-state index in [0.717, 1.165) is 0 Å². The molecule has 0 radical (unpaired) electrons. The number of hydrogen-bond acceptors (Lipinski definition) is 6. The van der Waals surface area contributed by atoms with Gasteiger partial charge in [-0.05, 0) is 41.4 Å². The van der Waals surface area contributed by atoms with Gasteiger partial charge in [-0.25, -0.2) is 4.79 Å². The van der Waals surface area contributed by atoms with Crippen LogP contribution in [-0.2, 0) is 0 Å². The molecule has 19 heavy (non-hydrogen) atoms. The summed E-state index contributed by atoms with van der Waals surface area (Å²) in [7, 11) is 0. The molecule has 0 aliphatic rings. The Morgan fingerprint density at radius 2 is 1.79 bits per heavy atom. The number of carbonyl (C=O) groups is 1. The average Bonchev–Trinajstić information content (AvgIpc) is 2.30. The van der Waals surface area contributed by atoms with E-state index in [4.69, 9.17) is 28.3 Å². The lowest BCUT2D eigenvalue weighted by atomic mass is 10.2. The van der Waals surface area contributed by atoms with Gasteiger partial charge in [0.25, 0.3) is 0 Å². The number of aromatic carboxylic acids is 1. The van der Waals surface area contributed by atoms with Gasteiger partial charge in [0.2, 0.25) is 16.5 Å². The summed E-state index contributed by atoms with van der Waals surface area (Å²) in [5.41, 5.74) is 0.102. The van der Waals surface area contributed by atoms with Crippen molar-refractivity contribution < 1.29 is 15.0 Å². The highest BCUT2D eigenvalue weighted by Gasteiger charge is 2.11. The normalized spacial score (nSPS) is 10.2. The number of anilines is 2. The third-order valence-corrected chi connectivity index (χ3v) is 2.40. The highest BCUT2D eigenvalue weighted by atomic mass is 35.5. The van der Waals surface area contributed by atoms with Gasteiger partial charge in [0.1, 0.15) is 11.3 Å². The Hall–Kier alpha value is -2.12.